The predicted octanol–water partition coefficient (Wildman–Crippen LogP) is 5.85. The summed E-state index contributed by atoms with van der Waals surface area (Å²) in [6.07, 6.45) is 9.84. The summed E-state index contributed by atoms with van der Waals surface area (Å²) in [6, 6.07) is 12.9. The van der Waals surface area contributed by atoms with E-state index in [0.717, 1.165) is 17.2 Å². The average molecular weight is 438 g/mol. The maximum absolute atomic E-state index is 5.43. The van der Waals surface area contributed by atoms with E-state index in [0.29, 0.717) is 30.1 Å². The molecule has 31 heavy (non-hydrogen) atoms. The molecule has 2 heterocycles. The van der Waals surface area contributed by atoms with E-state index in [1.54, 1.807) is 7.11 Å². The van der Waals surface area contributed by atoms with Crippen molar-refractivity contribution in [3.05, 3.63) is 70.0 Å². The van der Waals surface area contributed by atoms with Gasteiger partial charge in [0.15, 0.2) is 5.82 Å². The molecule has 0 amide bonds. The number of thiophene rings is 1. The van der Waals surface area contributed by atoms with Gasteiger partial charge < -0.3 is 14.2 Å². The summed E-state index contributed by atoms with van der Waals surface area (Å²) in [5, 5.41) is 6.32. The molecule has 0 bridgehead atoms. The Kier molecular flexibility index (Phi) is 7.20. The highest BCUT2D eigenvalue weighted by atomic mass is 32.1. The van der Waals surface area contributed by atoms with Crippen LogP contribution in [0.25, 0.3) is 6.08 Å². The third kappa shape index (κ3) is 5.63. The Morgan fingerprint density at radius 1 is 1.16 bits per heavy atom. The molecule has 5 nitrogen and oxygen atoms in total. The normalized spacial score (nSPS) is 20.4. The highest BCUT2D eigenvalue weighted by Gasteiger charge is 2.29. The van der Waals surface area contributed by atoms with E-state index in [-0.39, 0.29) is 0 Å². The van der Waals surface area contributed by atoms with Gasteiger partial charge in [-0.2, -0.15) is 4.98 Å². The summed E-state index contributed by atoms with van der Waals surface area (Å²) in [7, 11) is 6.08. The molecule has 1 aliphatic carbocycles. The topological polar surface area (TPSA) is 51.4 Å². The van der Waals surface area contributed by atoms with Crippen molar-refractivity contribution in [1.29, 1.82) is 0 Å². The smallest absolute Gasteiger partial charge is 0.250 e. The van der Waals surface area contributed by atoms with E-state index >= 15 is 0 Å². The van der Waals surface area contributed by atoms with E-state index in [1.165, 1.54) is 30.6 Å². The van der Waals surface area contributed by atoms with Crippen LogP contribution in [-0.2, 0) is 6.42 Å². The molecular formula is C25H31N3O2S. The van der Waals surface area contributed by atoms with Crippen molar-refractivity contribution in [1.82, 2.24) is 15.0 Å². The number of hydrogen-bond acceptors (Lipinski definition) is 6. The zero-order valence-corrected chi connectivity index (χ0v) is 19.3. The molecule has 1 unspecified atom stereocenters. The van der Waals surface area contributed by atoms with Gasteiger partial charge in [-0.3, -0.25) is 0 Å². The monoisotopic (exact) mass is 437 g/mol. The first-order chi connectivity index (χ1) is 15.1. The summed E-state index contributed by atoms with van der Waals surface area (Å²) in [5.41, 5.74) is 1.14. The van der Waals surface area contributed by atoms with E-state index in [1.807, 2.05) is 41.7 Å². The summed E-state index contributed by atoms with van der Waals surface area (Å²) >= 11 is 1.88. The standard InChI is InChI=1S/C25H31N3O2S/c1-28(2)25(22-5-4-16-31-22)20-11-6-18(7-12-20)10-15-24-26-23(27-30-24)17-19-8-13-21(29-3)14-9-19/h4-5,8-10,13-16,18,20,25H,6-7,11-12,17H2,1-3H3/b15-10+. The molecule has 164 valence electrons. The van der Waals surface area contributed by atoms with Gasteiger partial charge in [-0.25, -0.2) is 0 Å². The Labute approximate surface area is 188 Å². The minimum absolute atomic E-state index is 0.529. The van der Waals surface area contributed by atoms with Crippen molar-refractivity contribution in [2.75, 3.05) is 21.2 Å². The van der Waals surface area contributed by atoms with Gasteiger partial charge in [-0.1, -0.05) is 29.4 Å². The van der Waals surface area contributed by atoms with Crippen LogP contribution in [0.15, 0.2) is 52.4 Å². The maximum Gasteiger partial charge on any atom is 0.250 e. The SMILES string of the molecule is COc1ccc(Cc2noc(/C=C/C3CCC(C(c4cccs4)N(C)C)CC3)n2)cc1. The fourth-order valence-electron chi connectivity index (χ4n) is 4.57. The van der Waals surface area contributed by atoms with Crippen molar-refractivity contribution in [3.63, 3.8) is 0 Å². The Bertz CT molecular complexity index is 955. The van der Waals surface area contributed by atoms with Crippen LogP contribution in [-0.4, -0.2) is 36.2 Å². The number of rotatable bonds is 8. The second-order valence-corrected chi connectivity index (χ2v) is 9.51. The molecule has 0 radical (unpaired) electrons. The van der Waals surface area contributed by atoms with E-state index in [9.17, 15) is 0 Å². The Hall–Kier alpha value is -2.44. The third-order valence-electron chi connectivity index (χ3n) is 6.17. The van der Waals surface area contributed by atoms with Crippen LogP contribution in [0.5, 0.6) is 5.75 Å². The van der Waals surface area contributed by atoms with E-state index in [4.69, 9.17) is 9.26 Å². The third-order valence-corrected chi connectivity index (χ3v) is 7.11. The fraction of sp³-hybridized carbons (Fsp3) is 0.440. The van der Waals surface area contributed by atoms with Gasteiger partial charge in [0.05, 0.1) is 7.11 Å². The highest BCUT2D eigenvalue weighted by Crippen LogP contribution is 2.41. The first-order valence-electron chi connectivity index (χ1n) is 11.0. The molecule has 4 rings (SSSR count). The molecule has 1 fully saturated rings. The van der Waals surface area contributed by atoms with Gasteiger partial charge in [0, 0.05) is 17.3 Å². The second kappa shape index (κ2) is 10.2. The number of ether oxygens (including phenoxy) is 1. The number of hydrogen-bond donors (Lipinski definition) is 0. The lowest BCUT2D eigenvalue weighted by Crippen LogP contribution is -2.29. The molecule has 0 spiro atoms. The number of nitrogens with zero attached hydrogens (tertiary/aromatic N) is 3. The van der Waals surface area contributed by atoms with Gasteiger partial charge in [-0.15, -0.1) is 11.3 Å². The first kappa shape index (κ1) is 21.8. The molecule has 0 N–H and O–H groups in total. The lowest BCUT2D eigenvalue weighted by molar-refractivity contribution is 0.162. The maximum atomic E-state index is 5.43. The Morgan fingerprint density at radius 2 is 1.94 bits per heavy atom. The summed E-state index contributed by atoms with van der Waals surface area (Å²) in [6.45, 7) is 0. The summed E-state index contributed by atoms with van der Waals surface area (Å²) < 4.78 is 10.6. The molecule has 3 aromatic rings. The number of methoxy groups -OCH3 is 1. The number of aromatic nitrogens is 2. The molecule has 6 heteroatoms. The molecular weight excluding hydrogens is 406 g/mol. The van der Waals surface area contributed by atoms with Gasteiger partial charge in [0.25, 0.3) is 0 Å². The van der Waals surface area contributed by atoms with Crippen LogP contribution in [0.3, 0.4) is 0 Å². The van der Waals surface area contributed by atoms with E-state index < -0.39 is 0 Å². The minimum Gasteiger partial charge on any atom is -0.497 e. The lowest BCUT2D eigenvalue weighted by atomic mass is 9.77. The zero-order valence-electron chi connectivity index (χ0n) is 18.5. The van der Waals surface area contributed by atoms with Crippen molar-refractivity contribution < 1.29 is 9.26 Å². The quantitative estimate of drug-likeness (QED) is 0.442. The number of benzene rings is 1. The molecule has 1 atom stereocenters. The van der Waals surface area contributed by atoms with Gasteiger partial charge >= 0.3 is 0 Å². The Balaban J connectivity index is 1.30. The molecule has 1 saturated carbocycles. The summed E-state index contributed by atoms with van der Waals surface area (Å²) in [5.74, 6) is 3.45. The molecule has 0 aliphatic heterocycles. The van der Waals surface area contributed by atoms with Crippen LogP contribution in [0.4, 0.5) is 0 Å². The highest BCUT2D eigenvalue weighted by molar-refractivity contribution is 7.10. The minimum atomic E-state index is 0.529. The Morgan fingerprint density at radius 3 is 2.58 bits per heavy atom. The largest absolute Gasteiger partial charge is 0.497 e. The van der Waals surface area contributed by atoms with Crippen LogP contribution in [0.2, 0.25) is 0 Å². The molecule has 1 aliphatic rings. The van der Waals surface area contributed by atoms with Crippen LogP contribution in [0, 0.1) is 11.8 Å². The number of allylic oxidation sites excluding steroid dienone is 1. The van der Waals surface area contributed by atoms with Crippen molar-refractivity contribution >= 4 is 17.4 Å². The summed E-state index contributed by atoms with van der Waals surface area (Å²) in [4.78, 5) is 8.40. The molecule has 1 aromatic carbocycles. The van der Waals surface area contributed by atoms with Crippen molar-refractivity contribution in [2.45, 2.75) is 38.1 Å². The zero-order chi connectivity index (χ0) is 21.6. The van der Waals surface area contributed by atoms with Crippen LogP contribution >= 0.6 is 11.3 Å². The average Bonchev–Trinajstić information content (AvgIpc) is 3.46. The predicted molar refractivity (Wildman–Crippen MR) is 125 cm³/mol. The van der Waals surface area contributed by atoms with E-state index in [2.05, 4.69) is 52.7 Å². The van der Waals surface area contributed by atoms with Crippen molar-refractivity contribution in [2.24, 2.45) is 11.8 Å². The van der Waals surface area contributed by atoms with Crippen LogP contribution in [0.1, 0.15) is 53.9 Å². The first-order valence-corrected chi connectivity index (χ1v) is 11.8. The van der Waals surface area contributed by atoms with Gasteiger partial charge in [0.1, 0.15) is 5.75 Å². The molecule has 0 saturated heterocycles. The fourth-order valence-corrected chi connectivity index (χ4v) is 5.59. The van der Waals surface area contributed by atoms with Gasteiger partial charge in [0.2, 0.25) is 5.89 Å². The van der Waals surface area contributed by atoms with Gasteiger partial charge in [-0.05, 0) is 86.8 Å². The van der Waals surface area contributed by atoms with Crippen molar-refractivity contribution in [3.8, 4) is 5.75 Å². The second-order valence-electron chi connectivity index (χ2n) is 8.53. The lowest BCUT2D eigenvalue weighted by Gasteiger charge is -2.36. The molecule has 2 aromatic heterocycles. The van der Waals surface area contributed by atoms with Crippen LogP contribution < -0.4 is 4.74 Å².